The van der Waals surface area contributed by atoms with Crippen molar-refractivity contribution < 1.29 is 0 Å². The van der Waals surface area contributed by atoms with Gasteiger partial charge < -0.3 is 5.32 Å². The minimum absolute atomic E-state index is 0.127. The van der Waals surface area contributed by atoms with Crippen molar-refractivity contribution in [2.75, 3.05) is 5.32 Å². The van der Waals surface area contributed by atoms with Gasteiger partial charge in [-0.05, 0) is 30.7 Å². The van der Waals surface area contributed by atoms with Gasteiger partial charge in [0.2, 0.25) is 5.28 Å². The second-order valence-electron chi connectivity index (χ2n) is 3.34. The van der Waals surface area contributed by atoms with Crippen molar-refractivity contribution in [1.82, 2.24) is 9.97 Å². The molecule has 0 saturated heterocycles. The molecule has 2 rings (SSSR count). The van der Waals surface area contributed by atoms with Crippen molar-refractivity contribution in [3.8, 4) is 0 Å². The number of benzene rings is 1. The summed E-state index contributed by atoms with van der Waals surface area (Å²) in [6, 6.07) is 9.55. The molecule has 2 aromatic rings. The van der Waals surface area contributed by atoms with Crippen molar-refractivity contribution in [2.24, 2.45) is 0 Å². The molecular formula is C11H9Cl2N3. The number of aromatic nitrogens is 2. The Morgan fingerprint density at radius 1 is 1.06 bits per heavy atom. The fourth-order valence-electron chi connectivity index (χ4n) is 1.24. The lowest BCUT2D eigenvalue weighted by atomic mass is 10.2. The van der Waals surface area contributed by atoms with E-state index in [1.54, 1.807) is 6.07 Å². The first-order valence-electron chi connectivity index (χ1n) is 4.67. The highest BCUT2D eigenvalue weighted by atomic mass is 35.5. The highest BCUT2D eigenvalue weighted by Crippen LogP contribution is 2.19. The van der Waals surface area contributed by atoms with E-state index in [2.05, 4.69) is 15.3 Å². The minimum Gasteiger partial charge on any atom is -0.340 e. The second-order valence-corrected chi connectivity index (χ2v) is 4.06. The Labute approximate surface area is 103 Å². The maximum absolute atomic E-state index is 5.77. The first-order chi connectivity index (χ1) is 7.63. The number of halogens is 2. The average Bonchev–Trinajstić information content (AvgIpc) is 2.20. The van der Waals surface area contributed by atoms with E-state index in [0.717, 1.165) is 5.69 Å². The van der Waals surface area contributed by atoms with Crippen LogP contribution in [-0.4, -0.2) is 9.97 Å². The molecule has 0 amide bonds. The third-order valence-corrected chi connectivity index (χ3v) is 2.35. The van der Waals surface area contributed by atoms with E-state index in [4.69, 9.17) is 23.2 Å². The lowest BCUT2D eigenvalue weighted by Crippen LogP contribution is -1.95. The molecule has 0 aliphatic carbocycles. The lowest BCUT2D eigenvalue weighted by Gasteiger charge is -2.06. The van der Waals surface area contributed by atoms with Crippen LogP contribution in [0.15, 0.2) is 30.3 Å². The number of anilines is 2. The van der Waals surface area contributed by atoms with Gasteiger partial charge in [0.15, 0.2) is 0 Å². The summed E-state index contributed by atoms with van der Waals surface area (Å²) in [6.45, 7) is 2.03. The summed E-state index contributed by atoms with van der Waals surface area (Å²) in [4.78, 5) is 7.78. The maximum Gasteiger partial charge on any atom is 0.225 e. The van der Waals surface area contributed by atoms with Crippen LogP contribution in [0.4, 0.5) is 11.5 Å². The van der Waals surface area contributed by atoms with Crippen LogP contribution in [0.2, 0.25) is 10.4 Å². The zero-order valence-electron chi connectivity index (χ0n) is 8.54. The van der Waals surface area contributed by atoms with E-state index in [1.807, 2.05) is 31.2 Å². The van der Waals surface area contributed by atoms with Gasteiger partial charge in [0, 0.05) is 11.8 Å². The number of nitrogens with one attached hydrogen (secondary N) is 1. The summed E-state index contributed by atoms with van der Waals surface area (Å²) in [7, 11) is 0. The molecule has 1 aromatic carbocycles. The number of nitrogens with zero attached hydrogens (tertiary/aromatic N) is 2. The molecule has 0 bridgehead atoms. The van der Waals surface area contributed by atoms with Crippen LogP contribution < -0.4 is 5.32 Å². The Kier molecular flexibility index (Phi) is 3.27. The predicted molar refractivity (Wildman–Crippen MR) is 66.5 cm³/mol. The minimum atomic E-state index is 0.127. The largest absolute Gasteiger partial charge is 0.340 e. The Balaban J connectivity index is 2.23. The zero-order valence-corrected chi connectivity index (χ0v) is 10.0. The lowest BCUT2D eigenvalue weighted by molar-refractivity contribution is 1.17. The first-order valence-corrected chi connectivity index (χ1v) is 5.43. The normalized spacial score (nSPS) is 10.2. The molecule has 1 aromatic heterocycles. The third kappa shape index (κ3) is 2.84. The molecule has 1 N–H and O–H groups in total. The van der Waals surface area contributed by atoms with Crippen molar-refractivity contribution >= 4 is 34.7 Å². The van der Waals surface area contributed by atoms with Gasteiger partial charge in [-0.2, -0.15) is 0 Å². The summed E-state index contributed by atoms with van der Waals surface area (Å²) in [5.41, 5.74) is 2.13. The topological polar surface area (TPSA) is 37.8 Å². The van der Waals surface area contributed by atoms with Crippen LogP contribution in [-0.2, 0) is 0 Å². The number of hydrogen-bond acceptors (Lipinski definition) is 3. The van der Waals surface area contributed by atoms with E-state index in [1.165, 1.54) is 5.56 Å². The summed E-state index contributed by atoms with van der Waals surface area (Å²) in [5.74, 6) is 0.578. The molecule has 0 spiro atoms. The van der Waals surface area contributed by atoms with Gasteiger partial charge in [-0.3, -0.25) is 0 Å². The van der Waals surface area contributed by atoms with Crippen LogP contribution in [0, 0.1) is 6.92 Å². The van der Waals surface area contributed by atoms with Crippen molar-refractivity contribution in [2.45, 2.75) is 6.92 Å². The van der Waals surface area contributed by atoms with Gasteiger partial charge >= 0.3 is 0 Å². The van der Waals surface area contributed by atoms with Gasteiger partial charge in [0.25, 0.3) is 0 Å². The van der Waals surface area contributed by atoms with Crippen molar-refractivity contribution in [3.63, 3.8) is 0 Å². The quantitative estimate of drug-likeness (QED) is 0.653. The molecule has 0 atom stereocenters. The molecule has 0 aliphatic heterocycles. The molecule has 1 heterocycles. The maximum atomic E-state index is 5.77. The fourth-order valence-corrected chi connectivity index (χ4v) is 1.65. The number of aryl methyl sites for hydroxylation is 1. The van der Waals surface area contributed by atoms with Gasteiger partial charge in [0.1, 0.15) is 11.0 Å². The highest BCUT2D eigenvalue weighted by Gasteiger charge is 2.01. The monoisotopic (exact) mass is 253 g/mol. The van der Waals surface area contributed by atoms with Gasteiger partial charge in [-0.25, -0.2) is 9.97 Å². The van der Waals surface area contributed by atoms with E-state index in [9.17, 15) is 0 Å². The Bertz CT molecular complexity index is 477. The molecule has 3 nitrogen and oxygen atoms in total. The van der Waals surface area contributed by atoms with Gasteiger partial charge in [0.05, 0.1) is 0 Å². The summed E-state index contributed by atoms with van der Waals surface area (Å²) < 4.78 is 0. The highest BCUT2D eigenvalue weighted by molar-refractivity contribution is 6.32. The Hall–Kier alpha value is -1.32. The molecule has 16 heavy (non-hydrogen) atoms. The summed E-state index contributed by atoms with van der Waals surface area (Å²) >= 11 is 11.5. The van der Waals surface area contributed by atoms with Crippen LogP contribution >= 0.6 is 23.2 Å². The van der Waals surface area contributed by atoms with Crippen LogP contribution in [0.5, 0.6) is 0 Å². The van der Waals surface area contributed by atoms with Crippen molar-refractivity contribution in [3.05, 3.63) is 46.3 Å². The van der Waals surface area contributed by atoms with Crippen LogP contribution in [0.3, 0.4) is 0 Å². The standard InChI is InChI=1S/C11H9Cl2N3/c1-7-2-4-8(5-3-7)14-10-6-9(12)15-11(13)16-10/h2-6H,1H3,(H,14,15,16). The van der Waals surface area contributed by atoms with E-state index in [-0.39, 0.29) is 5.28 Å². The molecule has 5 heteroatoms. The molecule has 82 valence electrons. The van der Waals surface area contributed by atoms with Gasteiger partial charge in [-0.15, -0.1) is 0 Å². The van der Waals surface area contributed by atoms with E-state index >= 15 is 0 Å². The number of rotatable bonds is 2. The SMILES string of the molecule is Cc1ccc(Nc2cc(Cl)nc(Cl)n2)cc1. The zero-order chi connectivity index (χ0) is 11.5. The second kappa shape index (κ2) is 4.68. The van der Waals surface area contributed by atoms with Crippen LogP contribution in [0.1, 0.15) is 5.56 Å². The molecule has 0 fully saturated rings. The molecular weight excluding hydrogens is 245 g/mol. The third-order valence-electron chi connectivity index (χ3n) is 1.99. The predicted octanol–water partition coefficient (Wildman–Crippen LogP) is 3.84. The molecule has 0 unspecified atom stereocenters. The summed E-state index contributed by atoms with van der Waals surface area (Å²) in [6.07, 6.45) is 0. The average molecular weight is 254 g/mol. The molecule has 0 saturated carbocycles. The first kappa shape index (κ1) is 11.2. The molecule has 0 radical (unpaired) electrons. The smallest absolute Gasteiger partial charge is 0.225 e. The van der Waals surface area contributed by atoms with Crippen LogP contribution in [0.25, 0.3) is 0 Å². The van der Waals surface area contributed by atoms with E-state index < -0.39 is 0 Å². The Morgan fingerprint density at radius 2 is 1.75 bits per heavy atom. The number of hydrogen-bond donors (Lipinski definition) is 1. The molecule has 0 aliphatic rings. The Morgan fingerprint density at radius 3 is 2.38 bits per heavy atom. The fraction of sp³-hybridized carbons (Fsp3) is 0.0909. The van der Waals surface area contributed by atoms with Crippen molar-refractivity contribution in [1.29, 1.82) is 0 Å². The van der Waals surface area contributed by atoms with Gasteiger partial charge in [-0.1, -0.05) is 29.3 Å². The van der Waals surface area contributed by atoms with E-state index in [0.29, 0.717) is 11.0 Å². The summed E-state index contributed by atoms with van der Waals surface area (Å²) in [5, 5.41) is 3.53.